The van der Waals surface area contributed by atoms with Crippen molar-refractivity contribution in [2.24, 2.45) is 5.92 Å². The van der Waals surface area contributed by atoms with Gasteiger partial charge in [0.1, 0.15) is 29.1 Å². The Morgan fingerprint density at radius 3 is 2.27 bits per heavy atom. The predicted octanol–water partition coefficient (Wildman–Crippen LogP) is 4.67. The van der Waals surface area contributed by atoms with Crippen molar-refractivity contribution in [2.45, 2.75) is 63.3 Å². The van der Waals surface area contributed by atoms with Gasteiger partial charge in [0, 0.05) is 116 Å². The van der Waals surface area contributed by atoms with Gasteiger partial charge in [-0.3, -0.25) is 24.5 Å². The van der Waals surface area contributed by atoms with Crippen molar-refractivity contribution >= 4 is 61.9 Å². The van der Waals surface area contributed by atoms with Crippen LogP contribution in [0.1, 0.15) is 66.9 Å². The molecule has 2 aromatic carbocycles. The molecule has 1 atom stereocenters. The van der Waals surface area contributed by atoms with Crippen LogP contribution in [0.4, 0.5) is 30.5 Å². The minimum Gasteiger partial charge on any atom is -0.374 e. The van der Waals surface area contributed by atoms with Crippen LogP contribution in [-0.4, -0.2) is 108 Å². The lowest BCUT2D eigenvalue weighted by Gasteiger charge is -2.36. The summed E-state index contributed by atoms with van der Waals surface area (Å²) in [5.74, 6) is -4.99. The van der Waals surface area contributed by atoms with E-state index in [1.165, 1.54) is 19.3 Å². The van der Waals surface area contributed by atoms with Gasteiger partial charge in [-0.2, -0.15) is 0 Å². The Labute approximate surface area is 367 Å². The quantitative estimate of drug-likeness (QED) is 0.0942. The number of fused-ring (bicyclic) bond motifs is 1. The highest BCUT2D eigenvalue weighted by molar-refractivity contribution is 7.88. The van der Waals surface area contributed by atoms with Crippen molar-refractivity contribution in [3.05, 3.63) is 95.3 Å². The SMILES string of the molecule is CCN(C)S(=O)(=O)Cc1ccc(F)c(C(=O)c2c[nH]c3ncc(-c4cnc(N5CCC(NC(=O)C6CCN(c7ccc(NC8CCC(=O)NC8=O)cc7F)CC6)CC5)nc4)cc23)c1F. The maximum Gasteiger partial charge on any atom is 0.249 e. The number of nitrogens with one attached hydrogen (secondary N) is 4. The molecule has 8 rings (SSSR count). The Morgan fingerprint density at radius 2 is 1.58 bits per heavy atom. The second kappa shape index (κ2) is 18.4. The van der Waals surface area contributed by atoms with E-state index in [9.17, 15) is 27.6 Å². The molecule has 5 aromatic rings. The topological polar surface area (TPSA) is 203 Å². The van der Waals surface area contributed by atoms with Crippen LogP contribution < -0.4 is 25.8 Å². The fourth-order valence-corrected chi connectivity index (χ4v) is 9.58. The van der Waals surface area contributed by atoms with Gasteiger partial charge in [0.2, 0.25) is 39.5 Å². The number of hydrogen-bond donors (Lipinski definition) is 4. The largest absolute Gasteiger partial charge is 0.374 e. The molecule has 6 heterocycles. The molecule has 0 spiro atoms. The molecule has 3 aliphatic rings. The molecule has 3 amide bonds. The van der Waals surface area contributed by atoms with Crippen molar-refractivity contribution in [1.29, 1.82) is 0 Å². The third-order valence-electron chi connectivity index (χ3n) is 12.3. The summed E-state index contributed by atoms with van der Waals surface area (Å²) >= 11 is 0. The lowest BCUT2D eigenvalue weighted by molar-refractivity contribution is -0.133. The molecule has 336 valence electrons. The fraction of sp³-hybridized carbons (Fsp3) is 0.386. The molecule has 3 aromatic heterocycles. The van der Waals surface area contributed by atoms with Crippen LogP contribution in [0.2, 0.25) is 0 Å². The summed E-state index contributed by atoms with van der Waals surface area (Å²) in [7, 11) is -2.56. The van der Waals surface area contributed by atoms with Crippen molar-refractivity contribution in [2.75, 3.05) is 54.9 Å². The standard InChI is InChI=1S/C44H47F3N10O6S/c1-3-55(2)64(62,63)24-26-4-6-33(45)38(39(26)47)40(59)32-23-49-41-31(32)18-27(20-48-41)28-21-50-44(51-22-28)57-16-12-29(13-17-57)53-42(60)25-10-14-56(15-11-25)36-8-5-30(19-34(36)46)52-35-7-9-37(58)54-43(35)61/h4-6,8,18-23,25,29,35,52H,3,7,9-17,24H2,1-2H3,(H,48,49)(H,53,60)(H,54,58,61). The lowest BCUT2D eigenvalue weighted by Crippen LogP contribution is -2.48. The minimum absolute atomic E-state index is 0.0181. The highest BCUT2D eigenvalue weighted by Crippen LogP contribution is 2.31. The van der Waals surface area contributed by atoms with Gasteiger partial charge >= 0.3 is 0 Å². The normalized spacial score (nSPS) is 17.8. The Morgan fingerprint density at radius 1 is 0.875 bits per heavy atom. The highest BCUT2D eigenvalue weighted by Gasteiger charge is 2.31. The second-order valence-electron chi connectivity index (χ2n) is 16.3. The molecule has 0 radical (unpaired) electrons. The van der Waals surface area contributed by atoms with E-state index in [4.69, 9.17) is 0 Å². The van der Waals surface area contributed by atoms with Gasteiger partial charge in [-0.15, -0.1) is 0 Å². The van der Waals surface area contributed by atoms with Gasteiger partial charge in [-0.25, -0.2) is 40.8 Å². The Balaban J connectivity index is 0.838. The number of carbonyl (C=O) groups excluding carboxylic acids is 4. The predicted molar refractivity (Wildman–Crippen MR) is 232 cm³/mol. The number of rotatable bonds is 13. The number of benzene rings is 2. The van der Waals surface area contributed by atoms with Gasteiger partial charge < -0.3 is 25.4 Å². The van der Waals surface area contributed by atoms with Gasteiger partial charge in [-0.1, -0.05) is 13.0 Å². The first-order valence-electron chi connectivity index (χ1n) is 21.1. The Kier molecular flexibility index (Phi) is 12.7. The number of sulfonamides is 1. The number of imide groups is 1. The molecule has 1 unspecified atom stereocenters. The summed E-state index contributed by atoms with van der Waals surface area (Å²) in [5.41, 5.74) is 1.06. The number of aromatic nitrogens is 4. The highest BCUT2D eigenvalue weighted by atomic mass is 32.2. The smallest absolute Gasteiger partial charge is 0.249 e. The molecule has 16 nitrogen and oxygen atoms in total. The number of anilines is 3. The zero-order valence-electron chi connectivity index (χ0n) is 35.2. The van der Waals surface area contributed by atoms with Crippen LogP contribution in [0, 0.1) is 23.4 Å². The zero-order valence-corrected chi connectivity index (χ0v) is 36.0. The lowest BCUT2D eigenvalue weighted by atomic mass is 9.94. The van der Waals surface area contributed by atoms with E-state index in [1.807, 2.05) is 9.80 Å². The molecule has 3 saturated heterocycles. The Hall–Kier alpha value is -6.41. The summed E-state index contributed by atoms with van der Waals surface area (Å²) < 4.78 is 72.3. The summed E-state index contributed by atoms with van der Waals surface area (Å²) in [6, 6.07) is 7.63. The third kappa shape index (κ3) is 9.28. The van der Waals surface area contributed by atoms with Crippen LogP contribution >= 0.6 is 0 Å². The molecular weight excluding hydrogens is 854 g/mol. The average Bonchev–Trinajstić information content (AvgIpc) is 3.72. The van der Waals surface area contributed by atoms with Crippen LogP contribution in [0.15, 0.2) is 61.2 Å². The molecule has 0 bridgehead atoms. The molecule has 3 aliphatic heterocycles. The van der Waals surface area contributed by atoms with Gasteiger partial charge in [0.15, 0.2) is 0 Å². The molecule has 0 aliphatic carbocycles. The molecule has 0 saturated carbocycles. The van der Waals surface area contributed by atoms with Crippen molar-refractivity contribution in [1.82, 2.24) is 34.9 Å². The first kappa shape index (κ1) is 44.2. The summed E-state index contributed by atoms with van der Waals surface area (Å²) in [6.45, 7) is 4.01. The van der Waals surface area contributed by atoms with E-state index in [1.54, 1.807) is 43.7 Å². The number of nitrogens with zero attached hydrogens (tertiary/aromatic N) is 6. The van der Waals surface area contributed by atoms with Gasteiger partial charge in [-0.05, 0) is 62.4 Å². The minimum atomic E-state index is -3.91. The molecule has 64 heavy (non-hydrogen) atoms. The molecule has 3 fully saturated rings. The fourth-order valence-electron chi connectivity index (χ4n) is 8.35. The number of halogens is 3. The van der Waals surface area contributed by atoms with Crippen LogP contribution in [0.25, 0.3) is 22.2 Å². The van der Waals surface area contributed by atoms with Crippen LogP contribution in [0.5, 0.6) is 0 Å². The van der Waals surface area contributed by atoms with E-state index >= 15 is 13.2 Å². The number of hydrogen-bond acceptors (Lipinski definition) is 12. The second-order valence-corrected chi connectivity index (χ2v) is 18.4. The van der Waals surface area contributed by atoms with E-state index in [-0.39, 0.29) is 47.9 Å². The van der Waals surface area contributed by atoms with Gasteiger partial charge in [0.05, 0.1) is 17.0 Å². The zero-order chi connectivity index (χ0) is 45.3. The number of piperidine rings is 3. The number of pyridine rings is 1. The van der Waals surface area contributed by atoms with E-state index in [2.05, 4.69) is 35.9 Å². The van der Waals surface area contributed by atoms with E-state index in [0.717, 1.165) is 16.4 Å². The number of aromatic amines is 1. The molecular formula is C44H47F3N10O6S. The number of ketones is 1. The van der Waals surface area contributed by atoms with E-state index in [0.29, 0.717) is 97.8 Å². The summed E-state index contributed by atoms with van der Waals surface area (Å²) in [5, 5.41) is 8.79. The van der Waals surface area contributed by atoms with Crippen molar-refractivity contribution < 1.29 is 40.8 Å². The maximum absolute atomic E-state index is 15.7. The summed E-state index contributed by atoms with van der Waals surface area (Å²) in [6.07, 6.45) is 9.16. The first-order valence-corrected chi connectivity index (χ1v) is 22.7. The van der Waals surface area contributed by atoms with E-state index < -0.39 is 56.5 Å². The summed E-state index contributed by atoms with van der Waals surface area (Å²) in [4.78, 5) is 70.9. The van der Waals surface area contributed by atoms with Gasteiger partial charge in [0.25, 0.3) is 0 Å². The first-order chi connectivity index (χ1) is 30.7. The Bertz CT molecular complexity index is 2720. The number of amides is 3. The monoisotopic (exact) mass is 900 g/mol. The van der Waals surface area contributed by atoms with Crippen molar-refractivity contribution in [3.8, 4) is 11.1 Å². The molecule has 20 heteroatoms. The van der Waals surface area contributed by atoms with Crippen molar-refractivity contribution in [3.63, 3.8) is 0 Å². The van der Waals surface area contributed by atoms with Crippen LogP contribution in [0.3, 0.4) is 0 Å². The third-order valence-corrected chi connectivity index (χ3v) is 14.1. The maximum atomic E-state index is 15.7. The van der Waals surface area contributed by atoms with Crippen LogP contribution in [-0.2, 0) is 30.2 Å². The number of carbonyl (C=O) groups is 4. The average molecular weight is 901 g/mol. The molecule has 4 N–H and O–H groups in total. The number of H-pyrrole nitrogens is 1.